The summed E-state index contributed by atoms with van der Waals surface area (Å²) in [4.78, 5) is 21.7. The van der Waals surface area contributed by atoms with E-state index in [2.05, 4.69) is 14.9 Å². The highest BCUT2D eigenvalue weighted by Crippen LogP contribution is 2.34. The molecule has 7 nitrogen and oxygen atoms in total. The largest absolute Gasteiger partial charge is 0.473 e. The molecule has 0 saturated carbocycles. The summed E-state index contributed by atoms with van der Waals surface area (Å²) in [5.74, 6) is -2.42. The van der Waals surface area contributed by atoms with Crippen molar-refractivity contribution in [2.24, 2.45) is 5.92 Å². The van der Waals surface area contributed by atoms with Gasteiger partial charge in [0.15, 0.2) is 17.4 Å². The van der Waals surface area contributed by atoms with Crippen LogP contribution in [0.25, 0.3) is 0 Å². The quantitative estimate of drug-likeness (QED) is 0.486. The van der Waals surface area contributed by atoms with E-state index in [1.807, 2.05) is 0 Å². The molecule has 3 aromatic rings. The molecule has 0 unspecified atom stereocenters. The van der Waals surface area contributed by atoms with Crippen LogP contribution in [-0.4, -0.2) is 27.6 Å². The molecule has 1 atom stereocenters. The van der Waals surface area contributed by atoms with Crippen molar-refractivity contribution in [1.29, 1.82) is 0 Å². The average Bonchev–Trinajstić information content (AvgIpc) is 2.81. The molecule has 0 spiro atoms. The number of alkyl halides is 3. The number of ether oxygens (including phenoxy) is 2. The van der Waals surface area contributed by atoms with E-state index in [0.29, 0.717) is 24.3 Å². The van der Waals surface area contributed by atoms with Gasteiger partial charge in [-0.25, -0.2) is 13.6 Å². The van der Waals surface area contributed by atoms with E-state index in [1.54, 1.807) is 10.6 Å². The number of piperidine rings is 1. The smallest absolute Gasteiger partial charge is 0.433 e. The van der Waals surface area contributed by atoms with Gasteiger partial charge in [-0.15, -0.1) is 0 Å². The standard InChI is InChI=1S/C23H19F5N4O3/c24-16-6-14(7-17(25)21(16)35-15-3-4-29-18(8-15)23(26,27)28)12-34-19-9-20-31-5-1-2-13(10-31)11-32(20)22(33)30-19/h3-4,6-9,13H,1-2,5,10-12H2/t13-/m0/s1. The first kappa shape index (κ1) is 23.1. The molecule has 1 saturated heterocycles. The molecule has 2 aliphatic rings. The van der Waals surface area contributed by atoms with E-state index >= 15 is 0 Å². The van der Waals surface area contributed by atoms with E-state index in [9.17, 15) is 26.7 Å². The van der Waals surface area contributed by atoms with Crippen LogP contribution in [0.2, 0.25) is 0 Å². The second kappa shape index (κ2) is 8.82. The second-order valence-corrected chi connectivity index (χ2v) is 8.45. The molecule has 2 aromatic heterocycles. The second-order valence-electron chi connectivity index (χ2n) is 8.45. The average molecular weight is 494 g/mol. The molecule has 184 valence electrons. The van der Waals surface area contributed by atoms with E-state index in [1.165, 1.54) is 0 Å². The molecule has 0 aliphatic carbocycles. The molecule has 5 rings (SSSR count). The fourth-order valence-electron chi connectivity index (χ4n) is 4.36. The predicted octanol–water partition coefficient (Wildman–Crippen LogP) is 4.54. The Labute approximate surface area is 195 Å². The van der Waals surface area contributed by atoms with Crippen molar-refractivity contribution in [2.75, 3.05) is 18.0 Å². The fraction of sp³-hybridized carbons (Fsp3) is 0.348. The Bertz CT molecular complexity index is 1300. The Kier molecular flexibility index (Phi) is 5.81. The molecule has 2 aliphatic heterocycles. The SMILES string of the molecule is O=c1nc(OCc2cc(F)c(Oc3ccnc(C(F)(F)F)c3)c(F)c2)cc2n1C[C@H]1CCCN2C1. The minimum Gasteiger partial charge on any atom is -0.473 e. The lowest BCUT2D eigenvalue weighted by atomic mass is 9.96. The third kappa shape index (κ3) is 4.77. The van der Waals surface area contributed by atoms with Crippen LogP contribution in [-0.2, 0) is 19.3 Å². The monoisotopic (exact) mass is 494 g/mol. The van der Waals surface area contributed by atoms with Gasteiger partial charge >= 0.3 is 11.9 Å². The lowest BCUT2D eigenvalue weighted by molar-refractivity contribution is -0.141. The zero-order valence-electron chi connectivity index (χ0n) is 18.2. The summed E-state index contributed by atoms with van der Waals surface area (Å²) in [6.07, 6.45) is -1.82. The lowest BCUT2D eigenvalue weighted by Gasteiger charge is -2.40. The van der Waals surface area contributed by atoms with Crippen molar-refractivity contribution in [1.82, 2.24) is 14.5 Å². The maximum atomic E-state index is 14.6. The molecule has 12 heteroatoms. The molecule has 4 heterocycles. The Morgan fingerprint density at radius 2 is 1.86 bits per heavy atom. The van der Waals surface area contributed by atoms with Crippen molar-refractivity contribution >= 4 is 5.82 Å². The van der Waals surface area contributed by atoms with Crippen LogP contribution < -0.4 is 20.1 Å². The number of halogens is 5. The van der Waals surface area contributed by atoms with Gasteiger partial charge in [-0.3, -0.25) is 9.55 Å². The third-order valence-electron chi connectivity index (χ3n) is 5.94. The van der Waals surface area contributed by atoms with Crippen molar-refractivity contribution in [3.05, 3.63) is 69.9 Å². The first-order chi connectivity index (χ1) is 16.7. The van der Waals surface area contributed by atoms with Gasteiger partial charge in [0.1, 0.15) is 23.9 Å². The zero-order chi connectivity index (χ0) is 24.7. The highest BCUT2D eigenvalue weighted by Gasteiger charge is 2.33. The number of hydrogen-bond acceptors (Lipinski definition) is 6. The Morgan fingerprint density at radius 1 is 1.09 bits per heavy atom. The summed E-state index contributed by atoms with van der Waals surface area (Å²) in [7, 11) is 0. The van der Waals surface area contributed by atoms with Crippen LogP contribution in [0.5, 0.6) is 17.4 Å². The summed E-state index contributed by atoms with van der Waals surface area (Å²) in [5.41, 5.74) is -1.63. The fourth-order valence-corrected chi connectivity index (χ4v) is 4.36. The van der Waals surface area contributed by atoms with Gasteiger partial charge in [-0.05, 0) is 42.5 Å². The topological polar surface area (TPSA) is 69.5 Å². The highest BCUT2D eigenvalue weighted by atomic mass is 19.4. The maximum Gasteiger partial charge on any atom is 0.433 e. The van der Waals surface area contributed by atoms with Crippen molar-refractivity contribution in [3.63, 3.8) is 0 Å². The number of aromatic nitrogens is 3. The number of pyridine rings is 1. The van der Waals surface area contributed by atoms with Gasteiger partial charge in [0.25, 0.3) is 0 Å². The van der Waals surface area contributed by atoms with Crippen molar-refractivity contribution in [3.8, 4) is 17.4 Å². The van der Waals surface area contributed by atoms with E-state index in [-0.39, 0.29) is 18.1 Å². The van der Waals surface area contributed by atoms with E-state index in [4.69, 9.17) is 9.47 Å². The normalized spacial score (nSPS) is 17.2. The number of benzene rings is 1. The number of hydrogen-bond donors (Lipinski definition) is 0. The Balaban J connectivity index is 1.32. The van der Waals surface area contributed by atoms with Crippen LogP contribution in [0.4, 0.5) is 27.8 Å². The van der Waals surface area contributed by atoms with Gasteiger partial charge in [0.2, 0.25) is 5.88 Å². The maximum absolute atomic E-state index is 14.6. The molecular weight excluding hydrogens is 475 g/mol. The summed E-state index contributed by atoms with van der Waals surface area (Å²) in [5, 5.41) is 0. The van der Waals surface area contributed by atoms with Crippen LogP contribution in [0, 0.1) is 17.6 Å². The van der Waals surface area contributed by atoms with Gasteiger partial charge in [-0.1, -0.05) is 0 Å². The summed E-state index contributed by atoms with van der Waals surface area (Å²) in [6.45, 7) is 1.97. The van der Waals surface area contributed by atoms with Crippen molar-refractivity contribution < 1.29 is 31.4 Å². The minimum absolute atomic E-state index is 0.0304. The molecule has 0 N–H and O–H groups in total. The van der Waals surface area contributed by atoms with Crippen LogP contribution in [0.1, 0.15) is 24.1 Å². The van der Waals surface area contributed by atoms with Crippen LogP contribution in [0.15, 0.2) is 41.3 Å². The lowest BCUT2D eigenvalue weighted by Crippen LogP contribution is -2.46. The molecule has 1 fully saturated rings. The van der Waals surface area contributed by atoms with Gasteiger partial charge in [0.05, 0.1) is 0 Å². The predicted molar refractivity (Wildman–Crippen MR) is 113 cm³/mol. The first-order valence-electron chi connectivity index (χ1n) is 10.9. The molecule has 0 amide bonds. The van der Waals surface area contributed by atoms with E-state index < -0.39 is 40.7 Å². The third-order valence-corrected chi connectivity index (χ3v) is 5.94. The van der Waals surface area contributed by atoms with Crippen LogP contribution >= 0.6 is 0 Å². The van der Waals surface area contributed by atoms with E-state index in [0.717, 1.165) is 50.3 Å². The summed E-state index contributed by atoms with van der Waals surface area (Å²) in [6, 6.07) is 5.10. The summed E-state index contributed by atoms with van der Waals surface area (Å²) < 4.78 is 79.7. The van der Waals surface area contributed by atoms with Crippen LogP contribution in [0.3, 0.4) is 0 Å². The minimum atomic E-state index is -4.74. The first-order valence-corrected chi connectivity index (χ1v) is 10.9. The molecule has 1 aromatic carbocycles. The number of anilines is 1. The van der Waals surface area contributed by atoms with Crippen molar-refractivity contribution in [2.45, 2.75) is 32.2 Å². The molecule has 2 bridgehead atoms. The molecule has 35 heavy (non-hydrogen) atoms. The van der Waals surface area contributed by atoms with Gasteiger partial charge < -0.3 is 14.4 Å². The Morgan fingerprint density at radius 3 is 2.60 bits per heavy atom. The van der Waals surface area contributed by atoms with Gasteiger partial charge in [-0.2, -0.15) is 18.2 Å². The number of nitrogens with zero attached hydrogens (tertiary/aromatic N) is 4. The van der Waals surface area contributed by atoms with Gasteiger partial charge in [0, 0.05) is 38.0 Å². The molecule has 0 radical (unpaired) electrons. The Hall–Kier alpha value is -3.70. The zero-order valence-corrected chi connectivity index (χ0v) is 18.2. The molecular formula is C23H19F5N4O3. The number of fused-ring (bicyclic) bond motifs is 4. The summed E-state index contributed by atoms with van der Waals surface area (Å²) >= 11 is 0. The highest BCUT2D eigenvalue weighted by molar-refractivity contribution is 5.44. The number of rotatable bonds is 5.